The van der Waals surface area contributed by atoms with Crippen molar-refractivity contribution in [3.63, 3.8) is 0 Å². The highest BCUT2D eigenvalue weighted by molar-refractivity contribution is 7.80. The van der Waals surface area contributed by atoms with Gasteiger partial charge in [-0.2, -0.15) is 0 Å². The van der Waals surface area contributed by atoms with Crippen LogP contribution in [0.1, 0.15) is 55.8 Å². The molecule has 1 heterocycles. The van der Waals surface area contributed by atoms with Crippen molar-refractivity contribution in [1.29, 1.82) is 0 Å². The number of benzene rings is 1. The van der Waals surface area contributed by atoms with E-state index < -0.39 is 0 Å². The minimum atomic E-state index is -0.161. The average molecular weight is 401 g/mol. The van der Waals surface area contributed by atoms with E-state index in [2.05, 4.69) is 16.7 Å². The summed E-state index contributed by atoms with van der Waals surface area (Å²) < 4.78 is 0. The monoisotopic (exact) mass is 400 g/mol. The van der Waals surface area contributed by atoms with Gasteiger partial charge >= 0.3 is 0 Å². The van der Waals surface area contributed by atoms with Crippen LogP contribution in [0.25, 0.3) is 0 Å². The van der Waals surface area contributed by atoms with Gasteiger partial charge in [-0.25, -0.2) is 5.01 Å². The lowest BCUT2D eigenvalue weighted by molar-refractivity contribution is -0.114. The molecule has 0 bridgehead atoms. The fourth-order valence-electron chi connectivity index (χ4n) is 3.67. The molecule has 6 nitrogen and oxygen atoms in total. The zero-order valence-corrected chi connectivity index (χ0v) is 17.2. The van der Waals surface area contributed by atoms with Gasteiger partial charge in [0.25, 0.3) is 5.91 Å². The third-order valence-corrected chi connectivity index (χ3v) is 5.39. The molecule has 0 atom stereocenters. The second-order valence-corrected chi connectivity index (χ2v) is 7.64. The Morgan fingerprint density at radius 2 is 1.96 bits per heavy atom. The molecule has 28 heavy (non-hydrogen) atoms. The first kappa shape index (κ1) is 20.3. The summed E-state index contributed by atoms with van der Waals surface area (Å²) in [6, 6.07) is 7.00. The van der Waals surface area contributed by atoms with Gasteiger partial charge in [-0.15, -0.1) is 0 Å². The van der Waals surface area contributed by atoms with Gasteiger partial charge < -0.3 is 10.6 Å². The number of carbonyl (C=O) groups excluding carboxylic acids is 2. The average Bonchev–Trinajstić information content (AvgIpc) is 3.18. The first-order chi connectivity index (χ1) is 13.5. The van der Waals surface area contributed by atoms with Crippen LogP contribution in [0.4, 0.5) is 5.69 Å². The minimum Gasteiger partial charge on any atom is -0.361 e. The zero-order valence-electron chi connectivity index (χ0n) is 16.4. The Bertz CT molecular complexity index is 777. The molecule has 0 unspecified atom stereocenters. The lowest BCUT2D eigenvalue weighted by atomic mass is 9.97. The molecule has 1 fully saturated rings. The van der Waals surface area contributed by atoms with Crippen LogP contribution in [0.15, 0.2) is 35.9 Å². The first-order valence-corrected chi connectivity index (χ1v) is 10.4. The van der Waals surface area contributed by atoms with Gasteiger partial charge in [-0.05, 0) is 68.9 Å². The number of anilines is 1. The summed E-state index contributed by atoms with van der Waals surface area (Å²) in [6.45, 7) is 3.60. The van der Waals surface area contributed by atoms with Gasteiger partial charge in [0, 0.05) is 37.8 Å². The fourth-order valence-corrected chi connectivity index (χ4v) is 3.96. The maximum absolute atomic E-state index is 13.0. The van der Waals surface area contributed by atoms with Crippen LogP contribution < -0.4 is 10.6 Å². The van der Waals surface area contributed by atoms with Gasteiger partial charge in [-0.1, -0.05) is 17.7 Å². The zero-order chi connectivity index (χ0) is 19.9. The van der Waals surface area contributed by atoms with E-state index in [4.69, 9.17) is 12.2 Å². The van der Waals surface area contributed by atoms with E-state index in [0.29, 0.717) is 22.9 Å². The summed E-state index contributed by atoms with van der Waals surface area (Å²) in [5.41, 5.74) is 2.66. The molecule has 1 aliphatic heterocycles. The summed E-state index contributed by atoms with van der Waals surface area (Å²) in [7, 11) is 0. The fraction of sp³-hybridized carbons (Fsp3) is 0.476. The molecule has 0 aromatic heterocycles. The Balaban J connectivity index is 1.58. The van der Waals surface area contributed by atoms with Crippen molar-refractivity contribution in [2.75, 3.05) is 25.0 Å². The molecule has 150 valence electrons. The van der Waals surface area contributed by atoms with Crippen molar-refractivity contribution < 1.29 is 9.59 Å². The Kier molecular flexibility index (Phi) is 7.03. The van der Waals surface area contributed by atoms with Crippen LogP contribution in [0.3, 0.4) is 0 Å². The minimum absolute atomic E-state index is 0.108. The Labute approximate surface area is 171 Å². The number of nitrogens with one attached hydrogen (secondary N) is 2. The maximum Gasteiger partial charge on any atom is 0.272 e. The second kappa shape index (κ2) is 9.68. The summed E-state index contributed by atoms with van der Waals surface area (Å²) >= 11 is 5.55. The SMILES string of the molecule is CC(=O)Nc1cccc(C(=O)N2CCCN2C(=S)NCCC2=CCCCC2)c1. The molecule has 0 spiro atoms. The van der Waals surface area contributed by atoms with E-state index in [0.717, 1.165) is 25.9 Å². The number of rotatable bonds is 5. The molecule has 7 heteroatoms. The lowest BCUT2D eigenvalue weighted by Gasteiger charge is -2.30. The maximum atomic E-state index is 13.0. The summed E-state index contributed by atoms with van der Waals surface area (Å²) in [5.74, 6) is -0.269. The number of thiocarbonyl (C=S) groups is 1. The van der Waals surface area contributed by atoms with Crippen LogP contribution in [-0.4, -0.2) is 46.6 Å². The van der Waals surface area contributed by atoms with Crippen LogP contribution in [0.2, 0.25) is 0 Å². The molecular weight excluding hydrogens is 372 g/mol. The van der Waals surface area contributed by atoms with Crippen molar-refractivity contribution in [2.24, 2.45) is 0 Å². The smallest absolute Gasteiger partial charge is 0.272 e. The molecule has 2 N–H and O–H groups in total. The van der Waals surface area contributed by atoms with Crippen molar-refractivity contribution in [3.8, 4) is 0 Å². The number of nitrogens with zero attached hydrogens (tertiary/aromatic N) is 2. The predicted octanol–water partition coefficient (Wildman–Crippen LogP) is 3.47. The van der Waals surface area contributed by atoms with E-state index in [9.17, 15) is 9.59 Å². The topological polar surface area (TPSA) is 64.7 Å². The van der Waals surface area contributed by atoms with Crippen molar-refractivity contribution >= 4 is 34.8 Å². The second-order valence-electron chi connectivity index (χ2n) is 7.26. The largest absolute Gasteiger partial charge is 0.361 e. The Morgan fingerprint density at radius 3 is 2.71 bits per heavy atom. The van der Waals surface area contributed by atoms with Gasteiger partial charge in [-0.3, -0.25) is 14.6 Å². The Hall–Kier alpha value is -2.41. The van der Waals surface area contributed by atoms with Gasteiger partial charge in [0.05, 0.1) is 0 Å². The lowest BCUT2D eigenvalue weighted by Crippen LogP contribution is -2.49. The molecule has 1 aliphatic carbocycles. The number of allylic oxidation sites excluding steroid dienone is 1. The van der Waals surface area contributed by atoms with E-state index in [1.54, 1.807) is 29.3 Å². The predicted molar refractivity (Wildman–Crippen MR) is 115 cm³/mol. The van der Waals surface area contributed by atoms with Crippen LogP contribution in [-0.2, 0) is 4.79 Å². The molecule has 2 aliphatic rings. The third-order valence-electron chi connectivity index (χ3n) is 5.04. The number of hydrazine groups is 1. The molecule has 2 amide bonds. The van der Waals surface area contributed by atoms with Crippen LogP contribution in [0.5, 0.6) is 0 Å². The molecule has 1 aromatic rings. The summed E-state index contributed by atoms with van der Waals surface area (Å²) in [4.78, 5) is 24.3. The first-order valence-electron chi connectivity index (χ1n) is 9.97. The van der Waals surface area contributed by atoms with Crippen molar-refractivity contribution in [3.05, 3.63) is 41.5 Å². The molecule has 0 radical (unpaired) electrons. The normalized spacial score (nSPS) is 16.5. The van der Waals surface area contributed by atoms with Gasteiger partial charge in [0.15, 0.2) is 5.11 Å². The van der Waals surface area contributed by atoms with Crippen LogP contribution in [0, 0.1) is 0 Å². The third kappa shape index (κ3) is 5.32. The standard InChI is InChI=1S/C21H28N4O2S/c1-16(26)23-19-10-5-9-18(15-19)20(27)24-13-6-14-25(24)21(28)22-12-11-17-7-3-2-4-8-17/h5,7,9-10,15H,2-4,6,8,11-14H2,1H3,(H,22,28)(H,23,26). The highest BCUT2D eigenvalue weighted by atomic mass is 32.1. The summed E-state index contributed by atoms with van der Waals surface area (Å²) in [6.07, 6.45) is 9.18. The Morgan fingerprint density at radius 1 is 1.14 bits per heavy atom. The van der Waals surface area contributed by atoms with E-state index in [1.807, 2.05) is 5.01 Å². The highest BCUT2D eigenvalue weighted by Gasteiger charge is 2.29. The summed E-state index contributed by atoms with van der Waals surface area (Å²) in [5, 5.41) is 10.2. The molecule has 3 rings (SSSR count). The van der Waals surface area contributed by atoms with Gasteiger partial charge in [0.2, 0.25) is 5.91 Å². The quantitative estimate of drug-likeness (QED) is 0.585. The van der Waals surface area contributed by atoms with Crippen molar-refractivity contribution in [2.45, 2.75) is 45.4 Å². The molecule has 1 aromatic carbocycles. The molecule has 0 saturated carbocycles. The number of hydrogen-bond donors (Lipinski definition) is 2. The molecular formula is C21H28N4O2S. The molecule has 1 saturated heterocycles. The number of carbonyl (C=O) groups is 2. The van der Waals surface area contributed by atoms with Crippen molar-refractivity contribution in [1.82, 2.24) is 15.3 Å². The van der Waals surface area contributed by atoms with Crippen LogP contribution >= 0.6 is 12.2 Å². The van der Waals surface area contributed by atoms with Gasteiger partial charge in [0.1, 0.15) is 0 Å². The number of hydrogen-bond acceptors (Lipinski definition) is 3. The van der Waals surface area contributed by atoms with E-state index in [1.165, 1.54) is 38.2 Å². The van der Waals surface area contributed by atoms with E-state index in [-0.39, 0.29) is 11.8 Å². The highest BCUT2D eigenvalue weighted by Crippen LogP contribution is 2.20. The number of amides is 2. The van der Waals surface area contributed by atoms with E-state index >= 15 is 0 Å².